The molecule has 0 spiro atoms. The molecule has 21 heavy (non-hydrogen) atoms. The van der Waals surface area contributed by atoms with Crippen LogP contribution in [0.3, 0.4) is 0 Å². The third-order valence-corrected chi connectivity index (χ3v) is 4.10. The van der Waals surface area contributed by atoms with Crippen LogP contribution in [0.15, 0.2) is 12.3 Å². The van der Waals surface area contributed by atoms with Crippen LogP contribution in [0.4, 0.5) is 5.82 Å². The number of nitrogens with one attached hydrogen (secondary N) is 1. The monoisotopic (exact) mass is 310 g/mol. The molecule has 2 rings (SSSR count). The van der Waals surface area contributed by atoms with Gasteiger partial charge >= 0.3 is 0 Å². The van der Waals surface area contributed by atoms with Crippen LogP contribution in [0.25, 0.3) is 0 Å². The van der Waals surface area contributed by atoms with Gasteiger partial charge in [0.25, 0.3) is 0 Å². The van der Waals surface area contributed by atoms with E-state index in [1.807, 2.05) is 12.3 Å². The van der Waals surface area contributed by atoms with Crippen molar-refractivity contribution in [3.8, 4) is 0 Å². The molecule has 5 heteroatoms. The smallest absolute Gasteiger partial charge is 0.147 e. The summed E-state index contributed by atoms with van der Waals surface area (Å²) in [6, 6.07) is 3.03. The molecule has 4 nitrogen and oxygen atoms in total. The molecule has 1 unspecified atom stereocenters. The highest BCUT2D eigenvalue weighted by atomic mass is 35.5. The summed E-state index contributed by atoms with van der Waals surface area (Å²) in [6.45, 7) is 7.19. The zero-order chi connectivity index (χ0) is 15.4. The maximum Gasteiger partial charge on any atom is 0.147 e. The quantitative estimate of drug-likeness (QED) is 0.875. The number of rotatable bonds is 6. The van der Waals surface area contributed by atoms with Gasteiger partial charge in [-0.2, -0.15) is 0 Å². The maximum absolute atomic E-state index is 6.48. The molecular formula is C16H27ClN4. The van der Waals surface area contributed by atoms with Gasteiger partial charge in [0.2, 0.25) is 0 Å². The molecule has 1 aromatic rings. The van der Waals surface area contributed by atoms with E-state index in [2.05, 4.69) is 48.0 Å². The molecular weight excluding hydrogens is 284 g/mol. The van der Waals surface area contributed by atoms with Gasteiger partial charge in [-0.25, -0.2) is 4.98 Å². The van der Waals surface area contributed by atoms with Crippen LogP contribution in [0, 0.1) is 0 Å². The summed E-state index contributed by atoms with van der Waals surface area (Å²) in [6.07, 6.45) is 4.38. The van der Waals surface area contributed by atoms with Gasteiger partial charge in [-0.05, 0) is 38.6 Å². The van der Waals surface area contributed by atoms with Crippen molar-refractivity contribution in [2.24, 2.45) is 0 Å². The van der Waals surface area contributed by atoms with Crippen LogP contribution in [-0.2, 0) is 6.54 Å². The van der Waals surface area contributed by atoms with Gasteiger partial charge < -0.3 is 15.1 Å². The first-order valence-electron chi connectivity index (χ1n) is 7.76. The summed E-state index contributed by atoms with van der Waals surface area (Å²) < 4.78 is 0. The minimum absolute atomic E-state index is 0.464. The van der Waals surface area contributed by atoms with E-state index in [0.29, 0.717) is 12.1 Å². The summed E-state index contributed by atoms with van der Waals surface area (Å²) in [4.78, 5) is 9.23. The molecule has 2 heterocycles. The highest BCUT2D eigenvalue weighted by Crippen LogP contribution is 2.30. The highest BCUT2D eigenvalue weighted by Gasteiger charge is 2.27. The first-order chi connectivity index (χ1) is 9.97. The Morgan fingerprint density at radius 2 is 2.24 bits per heavy atom. The summed E-state index contributed by atoms with van der Waals surface area (Å²) in [7, 11) is 4.23. The van der Waals surface area contributed by atoms with Gasteiger partial charge in [0.15, 0.2) is 0 Å². The van der Waals surface area contributed by atoms with E-state index in [4.69, 9.17) is 11.6 Å². The lowest BCUT2D eigenvalue weighted by molar-refractivity contribution is 0.371. The van der Waals surface area contributed by atoms with E-state index in [1.165, 1.54) is 12.8 Å². The van der Waals surface area contributed by atoms with E-state index in [9.17, 15) is 0 Å². The Bertz CT molecular complexity index is 462. The zero-order valence-corrected chi connectivity index (χ0v) is 14.3. The minimum Gasteiger partial charge on any atom is -0.351 e. The Morgan fingerprint density at radius 1 is 1.48 bits per heavy atom. The molecule has 0 amide bonds. The fourth-order valence-electron chi connectivity index (χ4n) is 2.83. The minimum atomic E-state index is 0.464. The number of likely N-dealkylation sites (N-methyl/N-ethyl adjacent to an activating group) is 1. The second kappa shape index (κ2) is 7.43. The fraction of sp³-hybridized carbons (Fsp3) is 0.688. The summed E-state index contributed by atoms with van der Waals surface area (Å²) in [5, 5.41) is 4.16. The van der Waals surface area contributed by atoms with E-state index < -0.39 is 0 Å². The number of pyridine rings is 1. The Morgan fingerprint density at radius 3 is 2.86 bits per heavy atom. The van der Waals surface area contributed by atoms with Gasteiger partial charge in [0, 0.05) is 37.9 Å². The second-order valence-corrected chi connectivity index (χ2v) is 6.84. The lowest BCUT2D eigenvalue weighted by atomic mass is 10.2. The van der Waals surface area contributed by atoms with Crippen LogP contribution >= 0.6 is 11.6 Å². The first kappa shape index (κ1) is 16.5. The summed E-state index contributed by atoms with van der Waals surface area (Å²) in [5.74, 6) is 0.939. The van der Waals surface area contributed by atoms with Gasteiger partial charge in [-0.1, -0.05) is 25.4 Å². The Hall–Kier alpha value is -0.840. The van der Waals surface area contributed by atoms with Crippen molar-refractivity contribution in [2.75, 3.05) is 32.1 Å². The van der Waals surface area contributed by atoms with Crippen molar-refractivity contribution < 1.29 is 0 Å². The number of hydrogen-bond donors (Lipinski definition) is 1. The van der Waals surface area contributed by atoms with Crippen molar-refractivity contribution in [1.29, 1.82) is 0 Å². The second-order valence-electron chi connectivity index (χ2n) is 6.44. The fourth-order valence-corrected chi connectivity index (χ4v) is 3.12. The summed E-state index contributed by atoms with van der Waals surface area (Å²) >= 11 is 6.48. The Labute approximate surface area is 133 Å². The Balaban J connectivity index is 2.09. The van der Waals surface area contributed by atoms with Gasteiger partial charge in [0.1, 0.15) is 5.82 Å². The molecule has 1 saturated heterocycles. The zero-order valence-electron chi connectivity index (χ0n) is 13.6. The number of aromatic nitrogens is 1. The van der Waals surface area contributed by atoms with Crippen LogP contribution < -0.4 is 10.2 Å². The number of hydrogen-bond acceptors (Lipinski definition) is 4. The standard InChI is InChI=1S/C16H27ClN4/c1-12(2)18-9-13-8-15(17)16(19-10-13)21-7-5-6-14(21)11-20(3)4/h8,10,12,14,18H,5-7,9,11H2,1-4H3. The molecule has 1 aromatic heterocycles. The number of anilines is 1. The van der Waals surface area contributed by atoms with E-state index in [-0.39, 0.29) is 0 Å². The summed E-state index contributed by atoms with van der Waals surface area (Å²) in [5.41, 5.74) is 1.14. The molecule has 1 aliphatic heterocycles. The molecule has 0 aromatic carbocycles. The number of halogens is 1. The van der Waals surface area contributed by atoms with Gasteiger partial charge in [-0.3, -0.25) is 0 Å². The molecule has 1 fully saturated rings. The molecule has 1 aliphatic rings. The average molecular weight is 311 g/mol. The van der Waals surface area contributed by atoms with Crippen molar-refractivity contribution in [3.63, 3.8) is 0 Å². The van der Waals surface area contributed by atoms with E-state index >= 15 is 0 Å². The van der Waals surface area contributed by atoms with Gasteiger partial charge in [0.05, 0.1) is 5.02 Å². The molecule has 0 bridgehead atoms. The van der Waals surface area contributed by atoms with Crippen LogP contribution in [0.5, 0.6) is 0 Å². The number of nitrogens with zero attached hydrogens (tertiary/aromatic N) is 3. The highest BCUT2D eigenvalue weighted by molar-refractivity contribution is 6.33. The first-order valence-corrected chi connectivity index (χ1v) is 8.14. The van der Waals surface area contributed by atoms with Crippen molar-refractivity contribution >= 4 is 17.4 Å². The molecule has 0 saturated carbocycles. The van der Waals surface area contributed by atoms with Crippen molar-refractivity contribution in [2.45, 2.75) is 45.3 Å². The molecule has 118 valence electrons. The van der Waals surface area contributed by atoms with E-state index in [1.54, 1.807) is 0 Å². The average Bonchev–Trinajstić information content (AvgIpc) is 2.83. The topological polar surface area (TPSA) is 31.4 Å². The van der Waals surface area contributed by atoms with E-state index in [0.717, 1.165) is 36.0 Å². The molecule has 0 aliphatic carbocycles. The largest absolute Gasteiger partial charge is 0.351 e. The molecule has 1 atom stereocenters. The molecule has 0 radical (unpaired) electrons. The lowest BCUT2D eigenvalue weighted by Crippen LogP contribution is -2.38. The predicted octanol–water partition coefficient (Wildman–Crippen LogP) is 2.76. The van der Waals surface area contributed by atoms with Crippen molar-refractivity contribution in [1.82, 2.24) is 15.2 Å². The van der Waals surface area contributed by atoms with Crippen LogP contribution in [0.1, 0.15) is 32.3 Å². The van der Waals surface area contributed by atoms with Crippen molar-refractivity contribution in [3.05, 3.63) is 22.8 Å². The SMILES string of the molecule is CC(C)NCc1cnc(N2CCCC2CN(C)C)c(Cl)c1. The third kappa shape index (κ3) is 4.56. The van der Waals surface area contributed by atoms with Gasteiger partial charge in [-0.15, -0.1) is 0 Å². The lowest BCUT2D eigenvalue weighted by Gasteiger charge is -2.28. The normalized spacial score (nSPS) is 19.0. The predicted molar refractivity (Wildman–Crippen MR) is 90.1 cm³/mol. The van der Waals surface area contributed by atoms with Crippen LogP contribution in [0.2, 0.25) is 5.02 Å². The van der Waals surface area contributed by atoms with Crippen LogP contribution in [-0.4, -0.2) is 49.2 Å². The molecule has 1 N–H and O–H groups in total. The third-order valence-electron chi connectivity index (χ3n) is 3.82. The Kier molecular flexibility index (Phi) is 5.85. The maximum atomic E-state index is 6.48.